The Bertz CT molecular complexity index is 1750. The largest absolute Gasteiger partial charge is 0.495 e. The molecule has 264 valence electrons. The van der Waals surface area contributed by atoms with Crippen LogP contribution < -0.4 is 29.0 Å². The van der Waals surface area contributed by atoms with Crippen LogP contribution in [0.15, 0.2) is 53.4 Å². The molecule has 0 radical (unpaired) electrons. The molecule has 49 heavy (non-hydrogen) atoms. The number of nitrogens with one attached hydrogen (secondary N) is 2. The van der Waals surface area contributed by atoms with Crippen molar-refractivity contribution in [3.8, 4) is 23.0 Å². The number of amides is 2. The molecule has 3 aromatic carbocycles. The van der Waals surface area contributed by atoms with Crippen molar-refractivity contribution in [1.29, 1.82) is 0 Å². The minimum atomic E-state index is -3.94. The summed E-state index contributed by atoms with van der Waals surface area (Å²) in [5, 5.41) is 2.69. The molecule has 2 N–H and O–H groups in total. The van der Waals surface area contributed by atoms with Crippen molar-refractivity contribution in [1.82, 2.24) is 10.0 Å². The number of aryl methyl sites for hydroxylation is 2. The maximum absolute atomic E-state index is 12.8. The van der Waals surface area contributed by atoms with Gasteiger partial charge >= 0.3 is 0 Å². The molecule has 1 unspecified atom stereocenters. The summed E-state index contributed by atoms with van der Waals surface area (Å²) >= 11 is 0. The molecule has 0 bridgehead atoms. The lowest BCUT2D eigenvalue weighted by Gasteiger charge is -2.29. The van der Waals surface area contributed by atoms with Crippen molar-refractivity contribution in [2.45, 2.75) is 89.1 Å². The number of ether oxygens (including phenoxy) is 4. The van der Waals surface area contributed by atoms with Gasteiger partial charge in [-0.15, -0.1) is 0 Å². The number of fused-ring (bicyclic) bond motifs is 1. The molecule has 5 rings (SSSR count). The molecule has 1 heterocycles. The molecule has 11 heteroatoms. The van der Waals surface area contributed by atoms with Crippen molar-refractivity contribution in [2.24, 2.45) is 5.92 Å². The number of methoxy groups -OCH3 is 1. The van der Waals surface area contributed by atoms with Gasteiger partial charge in [0.2, 0.25) is 5.91 Å². The average Bonchev–Trinajstić information content (AvgIpc) is 3.92. The van der Waals surface area contributed by atoms with E-state index in [9.17, 15) is 18.0 Å². The van der Waals surface area contributed by atoms with Crippen LogP contribution in [0.25, 0.3) is 0 Å². The van der Waals surface area contributed by atoms with E-state index in [1.807, 2.05) is 18.2 Å². The maximum Gasteiger partial charge on any atom is 0.264 e. The third-order valence-electron chi connectivity index (χ3n) is 9.03. The quantitative estimate of drug-likeness (QED) is 0.163. The highest BCUT2D eigenvalue weighted by Gasteiger charge is 2.29. The minimum Gasteiger partial charge on any atom is -0.495 e. The number of carbonyl (C=O) groups excluding carboxylic acids is 2. The van der Waals surface area contributed by atoms with Crippen LogP contribution >= 0.6 is 0 Å². The zero-order valence-corrected chi connectivity index (χ0v) is 29.7. The molecule has 0 spiro atoms. The second-order valence-corrected chi connectivity index (χ2v) is 14.4. The Hall–Kier alpha value is -4.25. The average molecular weight is 693 g/mol. The Morgan fingerprint density at radius 2 is 1.67 bits per heavy atom. The number of hydrogen-bond acceptors (Lipinski definition) is 8. The molecule has 0 aromatic heterocycles. The molecule has 2 amide bonds. The number of sulfonamides is 1. The lowest BCUT2D eigenvalue weighted by molar-refractivity contribution is -0.119. The topological polar surface area (TPSA) is 129 Å². The number of hydrogen-bond donors (Lipinski definition) is 2. The highest BCUT2D eigenvalue weighted by Crippen LogP contribution is 2.41. The fourth-order valence-electron chi connectivity index (χ4n) is 6.29. The molecular formula is C38H48N2O8S. The summed E-state index contributed by atoms with van der Waals surface area (Å²) in [6, 6.07) is 14.2. The van der Waals surface area contributed by atoms with Crippen LogP contribution in [0.4, 0.5) is 0 Å². The van der Waals surface area contributed by atoms with E-state index >= 15 is 0 Å². The molecule has 1 aliphatic carbocycles. The van der Waals surface area contributed by atoms with Gasteiger partial charge in [-0.1, -0.05) is 37.6 Å². The first kappa shape index (κ1) is 36.0. The van der Waals surface area contributed by atoms with Gasteiger partial charge in [0.25, 0.3) is 15.9 Å². The molecule has 1 fully saturated rings. The summed E-state index contributed by atoms with van der Waals surface area (Å²) in [6.45, 7) is 4.69. The zero-order valence-electron chi connectivity index (χ0n) is 28.9. The molecule has 1 aliphatic heterocycles. The standard InChI is InChI=1S/C38H48N2O8S/c1-5-9-29-32(46-22-8-23-47-33-20-18-30(38(42)39-3)37(45-4)31(33)24-26-12-13-26)19-15-27-14-16-28(48-36(27)29)17-21-35(41)40-49(43,44)34-11-7-6-10-25(34)2/h6-7,10-11,15,18-20,26,28H,5,8-9,12-14,16-17,21-24H2,1-4H3,(H,39,42)(H,40,41). The monoisotopic (exact) mass is 692 g/mol. The van der Waals surface area contributed by atoms with Crippen molar-refractivity contribution in [3.63, 3.8) is 0 Å². The fraction of sp³-hybridized carbons (Fsp3) is 0.474. The van der Waals surface area contributed by atoms with Crippen LogP contribution in [0.3, 0.4) is 0 Å². The highest BCUT2D eigenvalue weighted by atomic mass is 32.2. The summed E-state index contributed by atoms with van der Waals surface area (Å²) in [5.41, 5.74) is 4.14. The number of carbonyl (C=O) groups is 2. The van der Waals surface area contributed by atoms with E-state index in [1.54, 1.807) is 45.3 Å². The SMILES string of the molecule is CCCc1c(OCCCOc2ccc(C(=O)NC)c(OC)c2CC2CC2)ccc2c1OC(CCC(=O)NS(=O)(=O)c1ccccc1C)CC2. The number of rotatable bonds is 17. The first-order valence-electron chi connectivity index (χ1n) is 17.2. The van der Waals surface area contributed by atoms with Gasteiger partial charge in [0.1, 0.15) is 23.0 Å². The summed E-state index contributed by atoms with van der Waals surface area (Å²) in [7, 11) is -0.743. The van der Waals surface area contributed by atoms with Crippen LogP contribution in [-0.2, 0) is 34.1 Å². The minimum absolute atomic E-state index is 0.0349. The predicted octanol–water partition coefficient (Wildman–Crippen LogP) is 6.10. The van der Waals surface area contributed by atoms with Gasteiger partial charge in [0, 0.05) is 31.0 Å². The second kappa shape index (κ2) is 16.4. The molecule has 2 aliphatic rings. The number of benzene rings is 3. The molecular weight excluding hydrogens is 644 g/mol. The van der Waals surface area contributed by atoms with Crippen LogP contribution in [-0.4, -0.2) is 53.7 Å². The Kier molecular flexibility index (Phi) is 12.1. The van der Waals surface area contributed by atoms with Crippen LogP contribution in [0.1, 0.15) is 84.5 Å². The summed E-state index contributed by atoms with van der Waals surface area (Å²) in [4.78, 5) is 25.2. The van der Waals surface area contributed by atoms with Crippen molar-refractivity contribution in [2.75, 3.05) is 27.4 Å². The summed E-state index contributed by atoms with van der Waals surface area (Å²) < 4.78 is 52.4. The van der Waals surface area contributed by atoms with Crippen LogP contribution in [0, 0.1) is 12.8 Å². The molecule has 1 atom stereocenters. The lowest BCUT2D eigenvalue weighted by Crippen LogP contribution is -2.32. The van der Waals surface area contributed by atoms with Gasteiger partial charge in [-0.05, 0) is 93.2 Å². The second-order valence-electron chi connectivity index (χ2n) is 12.8. The van der Waals surface area contributed by atoms with Crippen molar-refractivity contribution < 1.29 is 37.0 Å². The first-order valence-corrected chi connectivity index (χ1v) is 18.7. The normalized spacial score (nSPS) is 15.5. The lowest BCUT2D eigenvalue weighted by atomic mass is 9.95. The van der Waals surface area contributed by atoms with Gasteiger partial charge in [-0.25, -0.2) is 13.1 Å². The van der Waals surface area contributed by atoms with E-state index in [2.05, 4.69) is 17.0 Å². The van der Waals surface area contributed by atoms with Crippen LogP contribution in [0.5, 0.6) is 23.0 Å². The molecule has 1 saturated carbocycles. The Morgan fingerprint density at radius 1 is 0.959 bits per heavy atom. The maximum atomic E-state index is 12.8. The third kappa shape index (κ3) is 9.06. The van der Waals surface area contributed by atoms with Crippen molar-refractivity contribution >= 4 is 21.8 Å². The highest BCUT2D eigenvalue weighted by molar-refractivity contribution is 7.90. The Morgan fingerprint density at radius 3 is 2.35 bits per heavy atom. The van der Waals surface area contributed by atoms with Crippen LogP contribution in [0.2, 0.25) is 0 Å². The molecule has 10 nitrogen and oxygen atoms in total. The Balaban J connectivity index is 1.17. The summed E-state index contributed by atoms with van der Waals surface area (Å²) in [6.07, 6.45) is 7.25. The van der Waals surface area contributed by atoms with E-state index in [-0.39, 0.29) is 23.3 Å². The van der Waals surface area contributed by atoms with Gasteiger partial charge in [0.15, 0.2) is 0 Å². The van der Waals surface area contributed by atoms with E-state index in [4.69, 9.17) is 18.9 Å². The van der Waals surface area contributed by atoms with Gasteiger partial charge in [0.05, 0.1) is 36.9 Å². The van der Waals surface area contributed by atoms with E-state index in [0.717, 1.165) is 66.0 Å². The Labute approximate surface area is 289 Å². The van der Waals surface area contributed by atoms with Gasteiger partial charge in [-0.2, -0.15) is 0 Å². The molecule has 3 aromatic rings. The van der Waals surface area contributed by atoms with E-state index in [0.29, 0.717) is 48.8 Å². The molecule has 0 saturated heterocycles. The third-order valence-corrected chi connectivity index (χ3v) is 10.6. The zero-order chi connectivity index (χ0) is 35.0. The first-order chi connectivity index (χ1) is 23.6. The van der Waals surface area contributed by atoms with E-state index < -0.39 is 15.9 Å². The predicted molar refractivity (Wildman–Crippen MR) is 187 cm³/mol. The van der Waals surface area contributed by atoms with Crippen molar-refractivity contribution in [3.05, 3.63) is 76.3 Å². The fourth-order valence-corrected chi connectivity index (χ4v) is 7.56. The summed E-state index contributed by atoms with van der Waals surface area (Å²) in [5.74, 6) is 2.74. The smallest absolute Gasteiger partial charge is 0.264 e. The van der Waals surface area contributed by atoms with E-state index in [1.165, 1.54) is 18.9 Å². The van der Waals surface area contributed by atoms with Gasteiger partial charge in [-0.3, -0.25) is 9.59 Å². The van der Waals surface area contributed by atoms with Gasteiger partial charge < -0.3 is 24.3 Å².